The highest BCUT2D eigenvalue weighted by Gasteiger charge is 2.23. The van der Waals surface area contributed by atoms with Gasteiger partial charge in [-0.3, -0.25) is 14.4 Å². The molecule has 0 radical (unpaired) electrons. The first-order valence-corrected chi connectivity index (χ1v) is 7.04. The van der Waals surface area contributed by atoms with Crippen LogP contribution in [0.3, 0.4) is 0 Å². The molecule has 1 saturated heterocycles. The van der Waals surface area contributed by atoms with E-state index in [0.717, 1.165) is 44.2 Å². The lowest BCUT2D eigenvalue weighted by Gasteiger charge is -2.34. The van der Waals surface area contributed by atoms with E-state index < -0.39 is 0 Å². The summed E-state index contributed by atoms with van der Waals surface area (Å²) in [6.07, 6.45) is 3.37. The molecular weight excluding hydrogens is 270 g/mol. The molecule has 0 bridgehead atoms. The minimum Gasteiger partial charge on any atom is -0.361 e. The van der Waals surface area contributed by atoms with Crippen LogP contribution in [-0.2, 0) is 13.6 Å². The molecule has 3 rings (SSSR count). The van der Waals surface area contributed by atoms with Crippen molar-refractivity contribution in [1.82, 2.24) is 24.7 Å². The summed E-state index contributed by atoms with van der Waals surface area (Å²) in [5.41, 5.74) is 1.60. The Morgan fingerprint density at radius 2 is 2.10 bits per heavy atom. The minimum absolute atomic E-state index is 0.0556. The second kappa shape index (κ2) is 5.69. The number of amides is 1. The van der Waals surface area contributed by atoms with Gasteiger partial charge in [-0.1, -0.05) is 5.16 Å². The molecule has 1 fully saturated rings. The van der Waals surface area contributed by atoms with E-state index in [9.17, 15) is 4.79 Å². The molecule has 2 aromatic heterocycles. The molecule has 112 valence electrons. The molecule has 3 heterocycles. The van der Waals surface area contributed by atoms with Crippen molar-refractivity contribution in [3.05, 3.63) is 35.5 Å². The molecule has 1 aliphatic rings. The van der Waals surface area contributed by atoms with E-state index in [4.69, 9.17) is 4.52 Å². The fourth-order valence-electron chi connectivity index (χ4n) is 2.54. The summed E-state index contributed by atoms with van der Waals surface area (Å²) >= 11 is 0. The Balaban J connectivity index is 1.54. The number of aryl methyl sites for hydroxylation is 2. The molecule has 0 saturated carbocycles. The average Bonchev–Trinajstić information content (AvgIpc) is 3.08. The summed E-state index contributed by atoms with van der Waals surface area (Å²) in [7, 11) is 1.81. The lowest BCUT2D eigenvalue weighted by molar-refractivity contribution is 0.0625. The summed E-state index contributed by atoms with van der Waals surface area (Å²) in [6, 6.07) is 1.95. The Labute approximate surface area is 123 Å². The molecule has 0 spiro atoms. The van der Waals surface area contributed by atoms with Gasteiger partial charge in [-0.25, -0.2) is 0 Å². The van der Waals surface area contributed by atoms with Gasteiger partial charge in [-0.05, 0) is 6.92 Å². The maximum absolute atomic E-state index is 12.3. The van der Waals surface area contributed by atoms with Crippen LogP contribution in [0, 0.1) is 6.92 Å². The Hall–Kier alpha value is -2.15. The van der Waals surface area contributed by atoms with Crippen LogP contribution >= 0.6 is 0 Å². The molecule has 0 atom stereocenters. The maximum Gasteiger partial charge on any atom is 0.257 e. The van der Waals surface area contributed by atoms with Crippen molar-refractivity contribution in [1.29, 1.82) is 0 Å². The molecule has 2 aromatic rings. The Morgan fingerprint density at radius 3 is 2.67 bits per heavy atom. The zero-order chi connectivity index (χ0) is 14.8. The van der Waals surface area contributed by atoms with Crippen LogP contribution in [0.15, 0.2) is 23.0 Å². The predicted octanol–water partition coefficient (Wildman–Crippen LogP) is 0.675. The quantitative estimate of drug-likeness (QED) is 0.831. The first-order chi connectivity index (χ1) is 10.1. The molecule has 7 nitrogen and oxygen atoms in total. The fourth-order valence-corrected chi connectivity index (χ4v) is 2.54. The highest BCUT2D eigenvalue weighted by molar-refractivity contribution is 5.93. The third-order valence-corrected chi connectivity index (χ3v) is 3.67. The van der Waals surface area contributed by atoms with Crippen molar-refractivity contribution in [2.45, 2.75) is 13.5 Å². The molecule has 0 unspecified atom stereocenters. The molecule has 0 aromatic carbocycles. The summed E-state index contributed by atoms with van der Waals surface area (Å²) in [6.45, 7) is 5.80. The van der Waals surface area contributed by atoms with E-state index in [1.807, 2.05) is 24.9 Å². The highest BCUT2D eigenvalue weighted by Crippen LogP contribution is 2.11. The molecular formula is C14H19N5O2. The number of rotatable bonds is 3. The number of carbonyl (C=O) groups excluding carboxylic acids is 1. The highest BCUT2D eigenvalue weighted by atomic mass is 16.5. The van der Waals surface area contributed by atoms with Crippen LogP contribution in [0.1, 0.15) is 21.8 Å². The lowest BCUT2D eigenvalue weighted by atomic mass is 10.2. The van der Waals surface area contributed by atoms with Crippen LogP contribution < -0.4 is 0 Å². The van der Waals surface area contributed by atoms with Crippen LogP contribution in [0.4, 0.5) is 0 Å². The van der Waals surface area contributed by atoms with Crippen molar-refractivity contribution in [3.63, 3.8) is 0 Å². The van der Waals surface area contributed by atoms with E-state index in [0.29, 0.717) is 5.56 Å². The van der Waals surface area contributed by atoms with Crippen LogP contribution in [0.5, 0.6) is 0 Å². The summed E-state index contributed by atoms with van der Waals surface area (Å²) in [5.74, 6) is 0.885. The summed E-state index contributed by atoms with van der Waals surface area (Å²) in [4.78, 5) is 16.5. The zero-order valence-electron chi connectivity index (χ0n) is 12.3. The molecule has 0 aliphatic carbocycles. The molecule has 1 amide bonds. The van der Waals surface area contributed by atoms with Crippen molar-refractivity contribution >= 4 is 5.91 Å². The third-order valence-electron chi connectivity index (χ3n) is 3.67. The van der Waals surface area contributed by atoms with Gasteiger partial charge in [0.2, 0.25) is 0 Å². The molecule has 1 aliphatic heterocycles. The fraction of sp³-hybridized carbons (Fsp3) is 0.500. The third kappa shape index (κ3) is 3.13. The van der Waals surface area contributed by atoms with Gasteiger partial charge in [0.1, 0.15) is 5.76 Å². The standard InChI is InChI=1S/C14H19N5O2/c1-11-7-13(16-21-11)10-18-3-5-19(6-4-18)14(20)12-8-15-17(2)9-12/h7-9H,3-6,10H2,1-2H3. The number of aromatic nitrogens is 3. The monoisotopic (exact) mass is 289 g/mol. The Kier molecular flexibility index (Phi) is 3.74. The molecule has 7 heteroatoms. The van der Waals surface area contributed by atoms with Gasteiger partial charge < -0.3 is 9.42 Å². The largest absolute Gasteiger partial charge is 0.361 e. The van der Waals surface area contributed by atoms with Gasteiger partial charge >= 0.3 is 0 Å². The van der Waals surface area contributed by atoms with Gasteiger partial charge in [0.15, 0.2) is 0 Å². The van der Waals surface area contributed by atoms with Gasteiger partial charge in [0.25, 0.3) is 5.91 Å². The number of nitrogens with zero attached hydrogens (tertiary/aromatic N) is 5. The van der Waals surface area contributed by atoms with Crippen molar-refractivity contribution in [2.24, 2.45) is 7.05 Å². The van der Waals surface area contributed by atoms with Crippen LogP contribution in [-0.4, -0.2) is 56.8 Å². The smallest absolute Gasteiger partial charge is 0.257 e. The average molecular weight is 289 g/mol. The second-order valence-corrected chi connectivity index (χ2v) is 5.40. The zero-order valence-corrected chi connectivity index (χ0v) is 12.3. The van der Waals surface area contributed by atoms with E-state index in [1.54, 1.807) is 17.1 Å². The van der Waals surface area contributed by atoms with Gasteiger partial charge in [-0.2, -0.15) is 5.10 Å². The number of carbonyl (C=O) groups is 1. The topological polar surface area (TPSA) is 67.4 Å². The summed E-state index contributed by atoms with van der Waals surface area (Å²) < 4.78 is 6.72. The van der Waals surface area contributed by atoms with Crippen molar-refractivity contribution in [2.75, 3.05) is 26.2 Å². The van der Waals surface area contributed by atoms with E-state index in [1.165, 1.54) is 0 Å². The summed E-state index contributed by atoms with van der Waals surface area (Å²) in [5, 5.41) is 8.05. The SMILES string of the molecule is Cc1cc(CN2CCN(C(=O)c3cnn(C)c3)CC2)no1. The van der Waals surface area contributed by atoms with Gasteiger partial charge in [0.05, 0.1) is 17.5 Å². The Bertz CT molecular complexity index is 625. The minimum atomic E-state index is 0.0556. The maximum atomic E-state index is 12.3. The predicted molar refractivity (Wildman–Crippen MR) is 75.6 cm³/mol. The van der Waals surface area contributed by atoms with E-state index >= 15 is 0 Å². The first-order valence-electron chi connectivity index (χ1n) is 7.04. The Morgan fingerprint density at radius 1 is 1.33 bits per heavy atom. The normalized spacial score (nSPS) is 16.4. The number of hydrogen-bond acceptors (Lipinski definition) is 5. The van der Waals surface area contributed by atoms with Gasteiger partial charge in [0, 0.05) is 52.0 Å². The second-order valence-electron chi connectivity index (χ2n) is 5.40. The molecule has 21 heavy (non-hydrogen) atoms. The van der Waals surface area contributed by atoms with Crippen molar-refractivity contribution < 1.29 is 9.32 Å². The van der Waals surface area contributed by atoms with E-state index in [-0.39, 0.29) is 5.91 Å². The lowest BCUT2D eigenvalue weighted by Crippen LogP contribution is -2.48. The first kappa shape index (κ1) is 13.8. The van der Waals surface area contributed by atoms with Gasteiger partial charge in [-0.15, -0.1) is 0 Å². The van der Waals surface area contributed by atoms with Crippen molar-refractivity contribution in [3.8, 4) is 0 Å². The van der Waals surface area contributed by atoms with Crippen LogP contribution in [0.25, 0.3) is 0 Å². The van der Waals surface area contributed by atoms with E-state index in [2.05, 4.69) is 15.2 Å². The van der Waals surface area contributed by atoms with Crippen LogP contribution in [0.2, 0.25) is 0 Å². The number of hydrogen-bond donors (Lipinski definition) is 0. The molecule has 0 N–H and O–H groups in total. The number of piperazine rings is 1.